The summed E-state index contributed by atoms with van der Waals surface area (Å²) in [5.41, 5.74) is 0.0544. The fourth-order valence-corrected chi connectivity index (χ4v) is 4.21. The molecule has 2 saturated heterocycles. The summed E-state index contributed by atoms with van der Waals surface area (Å²) in [5.74, 6) is 0. The molecule has 0 aromatic heterocycles. The van der Waals surface area contributed by atoms with E-state index in [9.17, 15) is 15.2 Å². The highest BCUT2D eigenvalue weighted by molar-refractivity contribution is 5.34. The van der Waals surface area contributed by atoms with Crippen LogP contribution in [0.4, 0.5) is 5.69 Å². The molecule has 1 N–H and O–H groups in total. The number of fused-ring (bicyclic) bond motifs is 2. The van der Waals surface area contributed by atoms with Gasteiger partial charge in [0.1, 0.15) is 12.0 Å². The maximum Gasteiger partial charge on any atom is 0.269 e. The third kappa shape index (κ3) is 2.11. The molecule has 124 valence electrons. The fraction of sp³-hybridized carbons (Fsp3) is 0.625. The van der Waals surface area contributed by atoms with Gasteiger partial charge in [-0.15, -0.1) is 0 Å². The van der Waals surface area contributed by atoms with Crippen molar-refractivity contribution >= 4 is 5.69 Å². The third-order valence-corrected chi connectivity index (χ3v) is 5.37. The number of aliphatic hydroxyl groups is 1. The van der Waals surface area contributed by atoms with Crippen LogP contribution in [-0.2, 0) is 9.47 Å². The normalized spacial score (nSPS) is 32.5. The van der Waals surface area contributed by atoms with Crippen molar-refractivity contribution in [1.82, 2.24) is 4.90 Å². The topological polar surface area (TPSA) is 85.1 Å². The third-order valence-electron chi connectivity index (χ3n) is 5.37. The standard InChI is InChI=1S/C16H20N2O5/c19-9-15-10-22-14(12-3-5-13(6-4-12)18(20)21)17(15)16(23-11-15)7-1-2-8-16/h3-6,14,19H,1-2,7-11H2/t14-,15+/m0/s1. The second-order valence-electron chi connectivity index (χ2n) is 6.71. The molecule has 4 rings (SSSR count). The molecule has 2 heterocycles. The monoisotopic (exact) mass is 320 g/mol. The van der Waals surface area contributed by atoms with Gasteiger partial charge in [0, 0.05) is 12.1 Å². The summed E-state index contributed by atoms with van der Waals surface area (Å²) in [4.78, 5) is 12.6. The second kappa shape index (κ2) is 5.24. The van der Waals surface area contributed by atoms with Crippen molar-refractivity contribution in [2.45, 2.75) is 43.2 Å². The van der Waals surface area contributed by atoms with E-state index in [0.717, 1.165) is 31.2 Å². The van der Waals surface area contributed by atoms with Gasteiger partial charge < -0.3 is 14.6 Å². The van der Waals surface area contributed by atoms with Crippen molar-refractivity contribution in [3.05, 3.63) is 39.9 Å². The lowest BCUT2D eigenvalue weighted by Crippen LogP contribution is -2.54. The lowest BCUT2D eigenvalue weighted by Gasteiger charge is -2.39. The molecule has 23 heavy (non-hydrogen) atoms. The quantitative estimate of drug-likeness (QED) is 0.677. The first-order valence-electron chi connectivity index (χ1n) is 8.01. The summed E-state index contributed by atoms with van der Waals surface area (Å²) in [7, 11) is 0. The smallest absolute Gasteiger partial charge is 0.269 e. The van der Waals surface area contributed by atoms with Gasteiger partial charge >= 0.3 is 0 Å². The summed E-state index contributed by atoms with van der Waals surface area (Å²) in [6, 6.07) is 6.46. The summed E-state index contributed by atoms with van der Waals surface area (Å²) in [6.07, 6.45) is 3.74. The Hall–Kier alpha value is -1.54. The molecule has 1 aromatic carbocycles. The maximum atomic E-state index is 10.8. The first-order valence-corrected chi connectivity index (χ1v) is 8.01. The Morgan fingerprint density at radius 3 is 2.57 bits per heavy atom. The number of non-ortho nitro benzene ring substituents is 1. The van der Waals surface area contributed by atoms with E-state index >= 15 is 0 Å². The van der Waals surface area contributed by atoms with Crippen LogP contribution in [0.1, 0.15) is 37.5 Å². The Morgan fingerprint density at radius 2 is 1.96 bits per heavy atom. The molecule has 1 aromatic rings. The number of benzene rings is 1. The maximum absolute atomic E-state index is 10.8. The highest BCUT2D eigenvalue weighted by Gasteiger charge is 2.63. The second-order valence-corrected chi connectivity index (χ2v) is 6.71. The Bertz CT molecular complexity index is 613. The predicted octanol–water partition coefficient (Wildman–Crippen LogP) is 1.96. The minimum absolute atomic E-state index is 0.0156. The van der Waals surface area contributed by atoms with E-state index in [1.54, 1.807) is 12.1 Å². The molecule has 1 saturated carbocycles. The van der Waals surface area contributed by atoms with Crippen LogP contribution in [0, 0.1) is 10.1 Å². The molecule has 1 aliphatic carbocycles. The van der Waals surface area contributed by atoms with E-state index in [-0.39, 0.29) is 24.2 Å². The summed E-state index contributed by atoms with van der Waals surface area (Å²) in [6.45, 7) is 0.859. The molecule has 3 aliphatic rings. The molecule has 7 nitrogen and oxygen atoms in total. The zero-order valence-electron chi connectivity index (χ0n) is 12.8. The van der Waals surface area contributed by atoms with Crippen molar-refractivity contribution in [2.75, 3.05) is 19.8 Å². The van der Waals surface area contributed by atoms with Crippen LogP contribution in [0.3, 0.4) is 0 Å². The number of nitro groups is 1. The molecule has 3 fully saturated rings. The van der Waals surface area contributed by atoms with Gasteiger partial charge in [-0.2, -0.15) is 0 Å². The molecule has 0 unspecified atom stereocenters. The number of aliphatic hydroxyl groups excluding tert-OH is 1. The van der Waals surface area contributed by atoms with Crippen molar-refractivity contribution in [3.63, 3.8) is 0 Å². The summed E-state index contributed by atoms with van der Waals surface area (Å²) < 4.78 is 12.2. The summed E-state index contributed by atoms with van der Waals surface area (Å²) >= 11 is 0. The predicted molar refractivity (Wildman–Crippen MR) is 80.6 cm³/mol. The number of nitro benzene ring substituents is 1. The fourth-order valence-electron chi connectivity index (χ4n) is 4.21. The average molecular weight is 320 g/mol. The number of hydrogen-bond donors (Lipinski definition) is 1. The van der Waals surface area contributed by atoms with Crippen molar-refractivity contribution in [2.24, 2.45) is 0 Å². The van der Waals surface area contributed by atoms with Crippen LogP contribution in [0.15, 0.2) is 24.3 Å². The number of hydrogen-bond acceptors (Lipinski definition) is 6. The molecule has 0 amide bonds. The lowest BCUT2D eigenvalue weighted by atomic mass is 9.98. The van der Waals surface area contributed by atoms with Crippen LogP contribution in [0.25, 0.3) is 0 Å². The van der Waals surface area contributed by atoms with Crippen LogP contribution in [0.5, 0.6) is 0 Å². The molecule has 7 heteroatoms. The molecule has 2 atom stereocenters. The van der Waals surface area contributed by atoms with Crippen molar-refractivity contribution in [3.8, 4) is 0 Å². The molecular formula is C16H20N2O5. The first kappa shape index (κ1) is 15.0. The number of nitrogens with zero attached hydrogens (tertiary/aromatic N) is 2. The van der Waals surface area contributed by atoms with Crippen molar-refractivity contribution in [1.29, 1.82) is 0 Å². The first-order chi connectivity index (χ1) is 11.1. The van der Waals surface area contributed by atoms with Crippen LogP contribution in [-0.4, -0.2) is 46.0 Å². The largest absolute Gasteiger partial charge is 0.394 e. The SMILES string of the molecule is O=[N+]([O-])c1ccc([C@@H]2OC[C@]3(CO)COC4(CCCC4)N23)cc1. The Labute approximate surface area is 133 Å². The highest BCUT2D eigenvalue weighted by atomic mass is 16.6. The zero-order chi connectivity index (χ0) is 16.1. The lowest BCUT2D eigenvalue weighted by molar-refractivity contribution is -0.384. The van der Waals surface area contributed by atoms with E-state index in [4.69, 9.17) is 9.47 Å². The highest BCUT2D eigenvalue weighted by Crippen LogP contribution is 2.53. The molecule has 0 radical (unpaired) electrons. The van der Waals surface area contributed by atoms with Crippen LogP contribution >= 0.6 is 0 Å². The van der Waals surface area contributed by atoms with Gasteiger partial charge in [-0.3, -0.25) is 10.1 Å². The van der Waals surface area contributed by atoms with Gasteiger partial charge in [-0.25, -0.2) is 4.90 Å². The zero-order valence-corrected chi connectivity index (χ0v) is 12.8. The summed E-state index contributed by atoms with van der Waals surface area (Å²) in [5, 5.41) is 20.8. The van der Waals surface area contributed by atoms with E-state index in [1.165, 1.54) is 12.1 Å². The number of ether oxygens (including phenoxy) is 2. The van der Waals surface area contributed by atoms with E-state index in [2.05, 4.69) is 4.90 Å². The average Bonchev–Trinajstić information content (AvgIpc) is 3.25. The Morgan fingerprint density at radius 1 is 1.26 bits per heavy atom. The van der Waals surface area contributed by atoms with E-state index in [1.807, 2.05) is 0 Å². The Balaban J connectivity index is 1.70. The van der Waals surface area contributed by atoms with Gasteiger partial charge in [0.05, 0.1) is 30.3 Å². The molecule has 0 bridgehead atoms. The van der Waals surface area contributed by atoms with Gasteiger partial charge in [-0.1, -0.05) is 0 Å². The van der Waals surface area contributed by atoms with Gasteiger partial charge in [0.15, 0.2) is 0 Å². The Kier molecular flexibility index (Phi) is 3.42. The van der Waals surface area contributed by atoms with E-state index in [0.29, 0.717) is 13.2 Å². The van der Waals surface area contributed by atoms with Crippen molar-refractivity contribution < 1.29 is 19.5 Å². The minimum Gasteiger partial charge on any atom is -0.394 e. The minimum atomic E-state index is -0.503. The van der Waals surface area contributed by atoms with Crippen LogP contribution in [0.2, 0.25) is 0 Å². The van der Waals surface area contributed by atoms with Crippen LogP contribution < -0.4 is 0 Å². The van der Waals surface area contributed by atoms with E-state index < -0.39 is 10.5 Å². The van der Waals surface area contributed by atoms with Gasteiger partial charge in [0.25, 0.3) is 5.69 Å². The molecule has 1 spiro atoms. The van der Waals surface area contributed by atoms with Gasteiger partial charge in [-0.05, 0) is 43.4 Å². The van der Waals surface area contributed by atoms with Gasteiger partial charge in [0.2, 0.25) is 0 Å². The molecular weight excluding hydrogens is 300 g/mol. The number of rotatable bonds is 3. The molecule has 2 aliphatic heterocycles.